The van der Waals surface area contributed by atoms with Crippen LogP contribution in [0.25, 0.3) is 0 Å². The van der Waals surface area contributed by atoms with Crippen LogP contribution in [0.1, 0.15) is 32.4 Å². The molecule has 0 bridgehead atoms. The van der Waals surface area contributed by atoms with Gasteiger partial charge in [-0.3, -0.25) is 9.80 Å². The third kappa shape index (κ3) is 4.19. The summed E-state index contributed by atoms with van der Waals surface area (Å²) in [5.41, 5.74) is 7.77. The predicted octanol–water partition coefficient (Wildman–Crippen LogP) is 2.11. The van der Waals surface area contributed by atoms with E-state index in [1.165, 1.54) is 5.56 Å². The van der Waals surface area contributed by atoms with Gasteiger partial charge in [-0.15, -0.1) is 0 Å². The number of rotatable bonds is 5. The summed E-state index contributed by atoms with van der Waals surface area (Å²) in [5.74, 6) is 0.911. The van der Waals surface area contributed by atoms with Crippen LogP contribution in [0.2, 0.25) is 0 Å². The van der Waals surface area contributed by atoms with E-state index < -0.39 is 0 Å². The van der Waals surface area contributed by atoms with Crippen molar-refractivity contribution in [2.75, 3.05) is 39.8 Å². The zero-order valence-electron chi connectivity index (χ0n) is 13.8. The summed E-state index contributed by atoms with van der Waals surface area (Å²) in [4.78, 5) is 4.90. The van der Waals surface area contributed by atoms with E-state index in [9.17, 15) is 0 Å². The number of likely N-dealkylation sites (N-methyl/N-ethyl adjacent to an activating group) is 1. The largest absolute Gasteiger partial charge is 0.494 e. The zero-order chi connectivity index (χ0) is 15.5. The van der Waals surface area contributed by atoms with Crippen LogP contribution >= 0.6 is 0 Å². The Labute approximate surface area is 128 Å². The Morgan fingerprint density at radius 3 is 2.48 bits per heavy atom. The van der Waals surface area contributed by atoms with Crippen molar-refractivity contribution in [3.05, 3.63) is 29.8 Å². The van der Waals surface area contributed by atoms with E-state index >= 15 is 0 Å². The number of nitrogens with zero attached hydrogens (tertiary/aromatic N) is 2. The van der Waals surface area contributed by atoms with Crippen molar-refractivity contribution >= 4 is 0 Å². The van der Waals surface area contributed by atoms with Crippen molar-refractivity contribution in [3.63, 3.8) is 0 Å². The van der Waals surface area contributed by atoms with Crippen molar-refractivity contribution in [1.29, 1.82) is 0 Å². The Balaban J connectivity index is 1.93. The van der Waals surface area contributed by atoms with E-state index in [2.05, 4.69) is 42.8 Å². The first-order valence-electron chi connectivity index (χ1n) is 7.84. The molecule has 1 aromatic rings. The second-order valence-electron chi connectivity index (χ2n) is 6.58. The molecular weight excluding hydrogens is 262 g/mol. The van der Waals surface area contributed by atoms with Crippen LogP contribution in [0.3, 0.4) is 0 Å². The van der Waals surface area contributed by atoms with Crippen LogP contribution < -0.4 is 10.5 Å². The van der Waals surface area contributed by atoms with Gasteiger partial charge in [-0.25, -0.2) is 0 Å². The standard InChI is InChI=1S/C17H29N3O/c1-5-21-15-8-6-14(7-9-15)16(18)12-20-11-10-19(4)17(2,3)13-20/h6-9,16H,5,10-13,18H2,1-4H3. The summed E-state index contributed by atoms with van der Waals surface area (Å²) >= 11 is 0. The topological polar surface area (TPSA) is 41.7 Å². The SMILES string of the molecule is CCOc1ccc(C(N)CN2CCN(C)C(C)(C)C2)cc1. The number of hydrogen-bond donors (Lipinski definition) is 1. The number of hydrogen-bond acceptors (Lipinski definition) is 4. The lowest BCUT2D eigenvalue weighted by Crippen LogP contribution is -2.58. The smallest absolute Gasteiger partial charge is 0.119 e. The highest BCUT2D eigenvalue weighted by atomic mass is 16.5. The molecule has 0 amide bonds. The van der Waals surface area contributed by atoms with Crippen molar-refractivity contribution < 1.29 is 4.74 Å². The average Bonchev–Trinajstić information content (AvgIpc) is 2.44. The van der Waals surface area contributed by atoms with Crippen molar-refractivity contribution in [1.82, 2.24) is 9.80 Å². The summed E-state index contributed by atoms with van der Waals surface area (Å²) < 4.78 is 5.47. The van der Waals surface area contributed by atoms with Gasteiger partial charge < -0.3 is 10.5 Å². The molecule has 1 saturated heterocycles. The second-order valence-corrected chi connectivity index (χ2v) is 6.58. The van der Waals surface area contributed by atoms with E-state index in [-0.39, 0.29) is 11.6 Å². The van der Waals surface area contributed by atoms with Gasteiger partial charge in [-0.05, 0) is 45.5 Å². The molecule has 0 radical (unpaired) electrons. The van der Waals surface area contributed by atoms with Gasteiger partial charge in [-0.2, -0.15) is 0 Å². The Morgan fingerprint density at radius 2 is 1.90 bits per heavy atom. The van der Waals surface area contributed by atoms with Crippen LogP contribution in [0.15, 0.2) is 24.3 Å². The molecule has 0 aliphatic carbocycles. The van der Waals surface area contributed by atoms with Crippen LogP contribution in [-0.4, -0.2) is 55.2 Å². The van der Waals surface area contributed by atoms with Crippen molar-refractivity contribution in [2.24, 2.45) is 5.73 Å². The number of piperazine rings is 1. The summed E-state index contributed by atoms with van der Waals surface area (Å²) in [6.45, 7) is 11.4. The van der Waals surface area contributed by atoms with E-state index in [0.29, 0.717) is 6.61 Å². The molecule has 0 spiro atoms. The molecule has 1 atom stereocenters. The number of benzene rings is 1. The van der Waals surface area contributed by atoms with E-state index in [0.717, 1.165) is 31.9 Å². The highest BCUT2D eigenvalue weighted by Crippen LogP contribution is 2.22. The van der Waals surface area contributed by atoms with Gasteiger partial charge in [0.2, 0.25) is 0 Å². The molecule has 1 aliphatic rings. The van der Waals surface area contributed by atoms with Crippen LogP contribution in [0, 0.1) is 0 Å². The maximum Gasteiger partial charge on any atom is 0.119 e. The van der Waals surface area contributed by atoms with Crippen LogP contribution in [0.5, 0.6) is 5.75 Å². The van der Waals surface area contributed by atoms with E-state index in [1.54, 1.807) is 0 Å². The van der Waals surface area contributed by atoms with Gasteiger partial charge in [0.15, 0.2) is 0 Å². The molecular formula is C17H29N3O. The fourth-order valence-electron chi connectivity index (χ4n) is 2.86. The third-order valence-corrected chi connectivity index (χ3v) is 4.47. The highest BCUT2D eigenvalue weighted by molar-refractivity contribution is 5.29. The average molecular weight is 291 g/mol. The molecule has 0 aromatic heterocycles. The molecule has 1 aliphatic heterocycles. The second kappa shape index (κ2) is 6.77. The Bertz CT molecular complexity index is 444. The lowest BCUT2D eigenvalue weighted by atomic mass is 9.98. The lowest BCUT2D eigenvalue weighted by Gasteiger charge is -2.46. The normalized spacial score (nSPS) is 21.2. The highest BCUT2D eigenvalue weighted by Gasteiger charge is 2.31. The Morgan fingerprint density at radius 1 is 1.24 bits per heavy atom. The fourth-order valence-corrected chi connectivity index (χ4v) is 2.86. The minimum Gasteiger partial charge on any atom is -0.494 e. The molecule has 0 saturated carbocycles. The minimum atomic E-state index is 0.0554. The van der Waals surface area contributed by atoms with Gasteiger partial charge >= 0.3 is 0 Å². The maximum atomic E-state index is 6.38. The van der Waals surface area contributed by atoms with Gasteiger partial charge in [0, 0.05) is 37.8 Å². The van der Waals surface area contributed by atoms with Crippen LogP contribution in [0.4, 0.5) is 0 Å². The summed E-state index contributed by atoms with van der Waals surface area (Å²) in [6, 6.07) is 8.23. The van der Waals surface area contributed by atoms with Gasteiger partial charge in [-0.1, -0.05) is 12.1 Å². The van der Waals surface area contributed by atoms with Gasteiger partial charge in [0.25, 0.3) is 0 Å². The number of ether oxygens (including phenoxy) is 1. The summed E-state index contributed by atoms with van der Waals surface area (Å²) in [7, 11) is 2.20. The molecule has 1 fully saturated rings. The monoisotopic (exact) mass is 291 g/mol. The maximum absolute atomic E-state index is 6.38. The first kappa shape index (κ1) is 16.3. The molecule has 2 N–H and O–H groups in total. The molecule has 4 nitrogen and oxygen atoms in total. The van der Waals surface area contributed by atoms with E-state index in [1.807, 2.05) is 19.1 Å². The van der Waals surface area contributed by atoms with Crippen molar-refractivity contribution in [2.45, 2.75) is 32.4 Å². The molecule has 1 aromatic carbocycles. The van der Waals surface area contributed by atoms with Crippen molar-refractivity contribution in [3.8, 4) is 5.75 Å². The Hall–Kier alpha value is -1.10. The predicted molar refractivity (Wildman–Crippen MR) is 87.7 cm³/mol. The first-order valence-corrected chi connectivity index (χ1v) is 7.84. The van der Waals surface area contributed by atoms with Crippen LogP contribution in [-0.2, 0) is 0 Å². The fraction of sp³-hybridized carbons (Fsp3) is 0.647. The minimum absolute atomic E-state index is 0.0554. The first-order chi connectivity index (χ1) is 9.92. The van der Waals surface area contributed by atoms with Gasteiger partial charge in [0.1, 0.15) is 5.75 Å². The molecule has 2 rings (SSSR count). The molecule has 1 heterocycles. The van der Waals surface area contributed by atoms with E-state index in [4.69, 9.17) is 10.5 Å². The molecule has 118 valence electrons. The molecule has 1 unspecified atom stereocenters. The number of nitrogens with two attached hydrogens (primary N) is 1. The summed E-state index contributed by atoms with van der Waals surface area (Å²) in [5, 5.41) is 0. The Kier molecular flexibility index (Phi) is 5.25. The zero-order valence-corrected chi connectivity index (χ0v) is 13.8. The molecule has 4 heteroatoms. The lowest BCUT2D eigenvalue weighted by molar-refractivity contribution is 0.0372. The quantitative estimate of drug-likeness (QED) is 0.902. The summed E-state index contributed by atoms with van der Waals surface area (Å²) in [6.07, 6.45) is 0. The van der Waals surface area contributed by atoms with Gasteiger partial charge in [0.05, 0.1) is 6.61 Å². The third-order valence-electron chi connectivity index (χ3n) is 4.47. The molecule has 21 heavy (non-hydrogen) atoms.